The second-order valence-corrected chi connectivity index (χ2v) is 5.08. The van der Waals surface area contributed by atoms with Crippen LogP contribution in [0.2, 0.25) is 5.02 Å². The highest BCUT2D eigenvalue weighted by Gasteiger charge is 2.03. The minimum absolute atomic E-state index is 0.123. The molecule has 1 aromatic carbocycles. The third-order valence-electron chi connectivity index (χ3n) is 2.39. The van der Waals surface area contributed by atoms with Gasteiger partial charge in [0.25, 0.3) is 5.56 Å². The summed E-state index contributed by atoms with van der Waals surface area (Å²) in [5.41, 5.74) is 1.15. The quantitative estimate of drug-likeness (QED) is 0.730. The first-order chi connectivity index (χ1) is 9.16. The van der Waals surface area contributed by atoms with Crippen molar-refractivity contribution in [3.8, 4) is 0 Å². The number of aromatic amines is 1. The Labute approximate surface area is 123 Å². The Kier molecular flexibility index (Phi) is 4.81. The van der Waals surface area contributed by atoms with Crippen molar-refractivity contribution in [2.75, 3.05) is 23.7 Å². The molecule has 5 nitrogen and oxygen atoms in total. The number of H-pyrrole nitrogens is 1. The minimum atomic E-state index is -0.397. The molecule has 0 aliphatic carbocycles. The summed E-state index contributed by atoms with van der Waals surface area (Å²) in [5.74, 6) is 0. The first kappa shape index (κ1) is 13.9. The maximum absolute atomic E-state index is 11.2. The minimum Gasteiger partial charge on any atom is -0.383 e. The highest BCUT2D eigenvalue weighted by atomic mass is 79.9. The third-order valence-corrected chi connectivity index (χ3v) is 3.26. The number of rotatable bonds is 5. The summed E-state index contributed by atoms with van der Waals surface area (Å²) >= 11 is 9.24. The molecule has 0 atom stereocenters. The molecule has 0 unspecified atom stereocenters. The van der Waals surface area contributed by atoms with Crippen molar-refractivity contribution in [1.82, 2.24) is 10.2 Å². The van der Waals surface area contributed by atoms with Gasteiger partial charge < -0.3 is 10.6 Å². The number of nitrogens with zero attached hydrogens (tertiary/aromatic N) is 1. The van der Waals surface area contributed by atoms with Crippen molar-refractivity contribution >= 4 is 38.9 Å². The smallest absolute Gasteiger partial charge is 0.285 e. The van der Waals surface area contributed by atoms with Crippen molar-refractivity contribution in [3.63, 3.8) is 0 Å². The highest BCUT2D eigenvalue weighted by molar-refractivity contribution is 9.10. The van der Waals surface area contributed by atoms with E-state index in [1.54, 1.807) is 0 Å². The predicted molar refractivity (Wildman–Crippen MR) is 81.0 cm³/mol. The largest absolute Gasteiger partial charge is 0.383 e. The van der Waals surface area contributed by atoms with E-state index in [-0.39, 0.29) is 5.02 Å². The summed E-state index contributed by atoms with van der Waals surface area (Å²) < 4.78 is 1.02. The van der Waals surface area contributed by atoms with Crippen molar-refractivity contribution in [2.45, 2.75) is 0 Å². The molecule has 1 heterocycles. The Bertz CT molecular complexity index is 617. The third kappa shape index (κ3) is 3.97. The van der Waals surface area contributed by atoms with E-state index in [9.17, 15) is 4.79 Å². The number of benzene rings is 1. The van der Waals surface area contributed by atoms with Gasteiger partial charge >= 0.3 is 0 Å². The van der Waals surface area contributed by atoms with Crippen LogP contribution in [0.5, 0.6) is 0 Å². The Morgan fingerprint density at radius 3 is 2.89 bits per heavy atom. The van der Waals surface area contributed by atoms with Gasteiger partial charge in [-0.25, -0.2) is 5.10 Å². The Balaban J connectivity index is 1.84. The molecule has 2 rings (SSSR count). The van der Waals surface area contributed by atoms with Crippen molar-refractivity contribution < 1.29 is 0 Å². The lowest BCUT2D eigenvalue weighted by molar-refractivity contribution is 0.979. The Morgan fingerprint density at radius 2 is 2.11 bits per heavy atom. The standard InChI is InChI=1S/C12H12BrClN4O/c13-8-2-1-3-9(6-8)15-4-5-16-10-7-17-18-12(19)11(10)14/h1-3,6-7,15H,4-5H2,(H2,16,18,19). The van der Waals surface area contributed by atoms with E-state index in [4.69, 9.17) is 11.6 Å². The Morgan fingerprint density at radius 1 is 1.32 bits per heavy atom. The normalized spacial score (nSPS) is 10.2. The molecule has 0 amide bonds. The number of halogens is 2. The Hall–Kier alpha value is -1.53. The highest BCUT2D eigenvalue weighted by Crippen LogP contribution is 2.16. The van der Waals surface area contributed by atoms with Gasteiger partial charge in [0.1, 0.15) is 5.02 Å². The summed E-state index contributed by atoms with van der Waals surface area (Å²) in [5, 5.41) is 12.4. The summed E-state index contributed by atoms with van der Waals surface area (Å²) in [6, 6.07) is 7.89. The fourth-order valence-corrected chi connectivity index (χ4v) is 2.07. The van der Waals surface area contributed by atoms with Crippen LogP contribution >= 0.6 is 27.5 Å². The van der Waals surface area contributed by atoms with E-state index in [2.05, 4.69) is 36.8 Å². The van der Waals surface area contributed by atoms with Gasteiger partial charge in [0, 0.05) is 23.2 Å². The number of hydrogen-bond acceptors (Lipinski definition) is 4. The maximum Gasteiger partial charge on any atom is 0.285 e. The average Bonchev–Trinajstić information content (AvgIpc) is 2.39. The van der Waals surface area contributed by atoms with Gasteiger partial charge in [-0.05, 0) is 18.2 Å². The van der Waals surface area contributed by atoms with E-state index < -0.39 is 5.56 Å². The molecule has 0 bridgehead atoms. The predicted octanol–water partition coefficient (Wildman–Crippen LogP) is 2.71. The van der Waals surface area contributed by atoms with Gasteiger partial charge in [-0.1, -0.05) is 33.6 Å². The van der Waals surface area contributed by atoms with Gasteiger partial charge in [-0.15, -0.1) is 0 Å². The van der Waals surface area contributed by atoms with Crippen LogP contribution in [0.4, 0.5) is 11.4 Å². The molecule has 3 N–H and O–H groups in total. The lowest BCUT2D eigenvalue weighted by Crippen LogP contribution is -2.17. The van der Waals surface area contributed by atoms with Crippen LogP contribution in [0.1, 0.15) is 0 Å². The molecule has 2 aromatic rings. The molecule has 19 heavy (non-hydrogen) atoms. The van der Waals surface area contributed by atoms with E-state index >= 15 is 0 Å². The van der Waals surface area contributed by atoms with Crippen LogP contribution in [0.15, 0.2) is 39.7 Å². The second kappa shape index (κ2) is 6.58. The van der Waals surface area contributed by atoms with E-state index in [1.807, 2.05) is 24.3 Å². The molecule has 0 aliphatic heterocycles. The zero-order valence-electron chi connectivity index (χ0n) is 9.91. The number of nitrogens with one attached hydrogen (secondary N) is 3. The summed E-state index contributed by atoms with van der Waals surface area (Å²) in [6.07, 6.45) is 1.49. The van der Waals surface area contributed by atoms with Crippen LogP contribution in [-0.4, -0.2) is 23.3 Å². The fraction of sp³-hybridized carbons (Fsp3) is 0.167. The lowest BCUT2D eigenvalue weighted by Gasteiger charge is -2.09. The average molecular weight is 344 g/mol. The summed E-state index contributed by atoms with van der Waals surface area (Å²) in [4.78, 5) is 11.2. The molecule has 7 heteroatoms. The van der Waals surface area contributed by atoms with Crippen molar-refractivity contribution in [1.29, 1.82) is 0 Å². The van der Waals surface area contributed by atoms with Gasteiger partial charge in [0.05, 0.1) is 11.9 Å². The van der Waals surface area contributed by atoms with Crippen LogP contribution in [0, 0.1) is 0 Å². The molecule has 100 valence electrons. The van der Waals surface area contributed by atoms with Crippen LogP contribution in [0.25, 0.3) is 0 Å². The lowest BCUT2D eigenvalue weighted by atomic mass is 10.3. The van der Waals surface area contributed by atoms with Gasteiger partial charge in [0.2, 0.25) is 0 Å². The van der Waals surface area contributed by atoms with Crippen LogP contribution < -0.4 is 16.2 Å². The molecule has 0 saturated heterocycles. The molecule has 1 aromatic heterocycles. The molecule has 0 spiro atoms. The molecule has 0 radical (unpaired) electrons. The SMILES string of the molecule is O=c1[nH]ncc(NCCNc2cccc(Br)c2)c1Cl. The molecular formula is C12H12BrClN4O. The van der Waals surface area contributed by atoms with E-state index in [0.717, 1.165) is 10.2 Å². The molecular weight excluding hydrogens is 332 g/mol. The maximum atomic E-state index is 11.2. The van der Waals surface area contributed by atoms with Gasteiger partial charge in [-0.2, -0.15) is 5.10 Å². The summed E-state index contributed by atoms with van der Waals surface area (Å²) in [6.45, 7) is 1.32. The number of anilines is 2. The molecule has 0 fully saturated rings. The zero-order chi connectivity index (χ0) is 13.7. The number of hydrogen-bond donors (Lipinski definition) is 3. The first-order valence-corrected chi connectivity index (χ1v) is 6.80. The van der Waals surface area contributed by atoms with E-state index in [1.165, 1.54) is 6.20 Å². The molecule has 0 aliphatic rings. The van der Waals surface area contributed by atoms with E-state index in [0.29, 0.717) is 18.8 Å². The second-order valence-electron chi connectivity index (χ2n) is 3.79. The van der Waals surface area contributed by atoms with Gasteiger partial charge in [0.15, 0.2) is 0 Å². The van der Waals surface area contributed by atoms with Gasteiger partial charge in [-0.3, -0.25) is 4.79 Å². The van der Waals surface area contributed by atoms with Crippen molar-refractivity contribution in [2.24, 2.45) is 0 Å². The van der Waals surface area contributed by atoms with Crippen LogP contribution in [-0.2, 0) is 0 Å². The first-order valence-electron chi connectivity index (χ1n) is 5.63. The monoisotopic (exact) mass is 342 g/mol. The van der Waals surface area contributed by atoms with Crippen LogP contribution in [0.3, 0.4) is 0 Å². The summed E-state index contributed by atoms with van der Waals surface area (Å²) in [7, 11) is 0. The topological polar surface area (TPSA) is 69.8 Å². The van der Waals surface area contributed by atoms with Crippen molar-refractivity contribution in [3.05, 3.63) is 50.3 Å². The zero-order valence-corrected chi connectivity index (χ0v) is 12.3. The number of aromatic nitrogens is 2. The molecule has 0 saturated carbocycles. The fourth-order valence-electron chi connectivity index (χ4n) is 1.51.